The van der Waals surface area contributed by atoms with E-state index in [0.29, 0.717) is 12.3 Å². The molecule has 0 aromatic carbocycles. The van der Waals surface area contributed by atoms with Gasteiger partial charge in [0.05, 0.1) is 7.14 Å². The van der Waals surface area contributed by atoms with Crippen molar-refractivity contribution >= 4 is 22.1 Å². The molecule has 0 saturated carbocycles. The lowest BCUT2D eigenvalue weighted by Gasteiger charge is -2.08. The molecule has 0 spiro atoms. The predicted octanol–water partition coefficient (Wildman–Crippen LogP) is 3.89. The van der Waals surface area contributed by atoms with Crippen molar-refractivity contribution in [3.05, 3.63) is 0 Å². The zero-order valence-electron chi connectivity index (χ0n) is 14.2. The second-order valence-corrected chi connectivity index (χ2v) is 13.4. The molecule has 6 nitrogen and oxygen atoms in total. The molecule has 0 rings (SSSR count). The Labute approximate surface area is 129 Å². The van der Waals surface area contributed by atoms with Gasteiger partial charge in [-0.05, 0) is 18.5 Å². The molecule has 132 valence electrons. The minimum absolute atomic E-state index is 0.0625. The van der Waals surface area contributed by atoms with Crippen molar-refractivity contribution < 1.29 is 28.4 Å². The summed E-state index contributed by atoms with van der Waals surface area (Å²) < 4.78 is 31.5. The van der Waals surface area contributed by atoms with Crippen LogP contribution in [0, 0.1) is 0 Å². The Bertz CT molecular complexity index is 350. The molecule has 0 amide bonds. The Kier molecular flexibility index (Phi) is 16.4. The van der Waals surface area contributed by atoms with Gasteiger partial charge >= 0.3 is 7.60 Å². The van der Waals surface area contributed by atoms with Gasteiger partial charge in [-0.25, -0.2) is 0 Å². The van der Waals surface area contributed by atoms with E-state index in [1.807, 2.05) is 20.8 Å². The van der Waals surface area contributed by atoms with Crippen molar-refractivity contribution in [3.8, 4) is 0 Å². The minimum Gasteiger partial charge on any atom is -0.344 e. The molecule has 0 aliphatic heterocycles. The molecule has 0 aromatic heterocycles. The molecule has 0 radical (unpaired) electrons. The maximum Gasteiger partial charge on any atom is 0.325 e. The zero-order chi connectivity index (χ0) is 17.7. The highest BCUT2D eigenvalue weighted by Gasteiger charge is 2.11. The second-order valence-electron chi connectivity index (χ2n) is 4.47. The molecule has 0 bridgehead atoms. The third kappa shape index (κ3) is 20.6. The normalized spacial score (nSPS) is 11.9. The van der Waals surface area contributed by atoms with Crippen LogP contribution in [0.2, 0.25) is 0 Å². The third-order valence-electron chi connectivity index (χ3n) is 3.13. The smallest absolute Gasteiger partial charge is 0.325 e. The Morgan fingerprint density at radius 3 is 0.810 bits per heavy atom. The molecule has 0 aliphatic rings. The molecule has 21 heavy (non-hydrogen) atoms. The van der Waals surface area contributed by atoms with E-state index < -0.39 is 22.1 Å². The maximum absolute atomic E-state index is 11.3. The summed E-state index contributed by atoms with van der Waals surface area (Å²) in [5.41, 5.74) is 0. The van der Waals surface area contributed by atoms with E-state index in [0.717, 1.165) is 18.5 Å². The molecule has 0 aliphatic carbocycles. The summed E-state index contributed by atoms with van der Waals surface area (Å²) in [6, 6.07) is 0. The molecule has 0 atom stereocenters. The van der Waals surface area contributed by atoms with Crippen molar-refractivity contribution in [2.24, 2.45) is 0 Å². The van der Waals surface area contributed by atoms with Gasteiger partial charge in [-0.3, -0.25) is 9.13 Å². The summed E-state index contributed by atoms with van der Waals surface area (Å²) in [7, 11) is -7.96. The van der Waals surface area contributed by atoms with E-state index in [1.165, 1.54) is 6.92 Å². The van der Waals surface area contributed by atoms with Gasteiger partial charge in [-0.2, -0.15) is 0 Å². The molecule has 9 heteroatoms. The first-order valence-corrected chi connectivity index (χ1v) is 13.4. The molecule has 0 saturated heterocycles. The SMILES string of the molecule is CCP(=O)(CC)CC.CCP(=O)(O)CC.CCP(=O)(O)O. The topological polar surface area (TPSA) is 112 Å². The number of hydrogen-bond acceptors (Lipinski definition) is 3. The Morgan fingerprint density at radius 1 is 0.571 bits per heavy atom. The van der Waals surface area contributed by atoms with Crippen LogP contribution < -0.4 is 0 Å². The van der Waals surface area contributed by atoms with Crippen LogP contribution in [0.1, 0.15) is 41.5 Å². The van der Waals surface area contributed by atoms with Crippen molar-refractivity contribution in [1.82, 2.24) is 0 Å². The van der Waals surface area contributed by atoms with Crippen LogP contribution in [0.25, 0.3) is 0 Å². The van der Waals surface area contributed by atoms with E-state index in [2.05, 4.69) is 0 Å². The van der Waals surface area contributed by atoms with Crippen LogP contribution in [0.5, 0.6) is 0 Å². The van der Waals surface area contributed by atoms with E-state index in [4.69, 9.17) is 14.7 Å². The average molecular weight is 366 g/mol. The van der Waals surface area contributed by atoms with Gasteiger partial charge in [0.25, 0.3) is 0 Å². The quantitative estimate of drug-likeness (QED) is 0.615. The van der Waals surface area contributed by atoms with Gasteiger partial charge < -0.3 is 19.2 Å². The van der Waals surface area contributed by atoms with Gasteiger partial charge in [0.1, 0.15) is 0 Å². The largest absolute Gasteiger partial charge is 0.344 e. The lowest BCUT2D eigenvalue weighted by molar-refractivity contribution is 0.375. The Hall–Kier alpha value is 0.570. The molecule has 0 unspecified atom stereocenters. The Morgan fingerprint density at radius 2 is 0.810 bits per heavy atom. The number of hydrogen-bond donors (Lipinski definition) is 3. The van der Waals surface area contributed by atoms with Crippen LogP contribution in [-0.2, 0) is 13.7 Å². The maximum atomic E-state index is 11.3. The van der Waals surface area contributed by atoms with E-state index >= 15 is 0 Å². The molecular formula is C12H33O6P3. The summed E-state index contributed by atoms with van der Waals surface area (Å²) in [5, 5.41) is 0. The van der Waals surface area contributed by atoms with E-state index in [9.17, 15) is 13.7 Å². The molecule has 3 N–H and O–H groups in total. The molecule has 0 aromatic rings. The van der Waals surface area contributed by atoms with Crippen LogP contribution in [-0.4, -0.2) is 51.7 Å². The summed E-state index contributed by atoms with van der Waals surface area (Å²) in [5.74, 6) is 0. The summed E-state index contributed by atoms with van der Waals surface area (Å²) in [4.78, 5) is 24.6. The molecule has 0 heterocycles. The first kappa shape index (κ1) is 26.5. The van der Waals surface area contributed by atoms with Gasteiger partial charge in [0.15, 0.2) is 7.37 Å². The monoisotopic (exact) mass is 366 g/mol. The first-order chi connectivity index (χ1) is 9.36. The van der Waals surface area contributed by atoms with Gasteiger partial charge in [-0.1, -0.05) is 41.5 Å². The highest BCUT2D eigenvalue weighted by atomic mass is 31.2. The van der Waals surface area contributed by atoms with Crippen molar-refractivity contribution in [2.45, 2.75) is 41.5 Å². The molecule has 0 fully saturated rings. The minimum atomic E-state index is -3.65. The fourth-order valence-electron chi connectivity index (χ4n) is 0.894. The summed E-state index contributed by atoms with van der Waals surface area (Å²) in [6.07, 6.45) is 3.38. The van der Waals surface area contributed by atoms with Crippen molar-refractivity contribution in [3.63, 3.8) is 0 Å². The van der Waals surface area contributed by atoms with Gasteiger partial charge in [-0.15, -0.1) is 0 Å². The van der Waals surface area contributed by atoms with Crippen molar-refractivity contribution in [1.29, 1.82) is 0 Å². The Balaban J connectivity index is -0.000000234. The van der Waals surface area contributed by atoms with Crippen LogP contribution in [0.3, 0.4) is 0 Å². The average Bonchev–Trinajstić information content (AvgIpc) is 2.47. The highest BCUT2D eigenvalue weighted by Crippen LogP contribution is 2.43. The van der Waals surface area contributed by atoms with Gasteiger partial charge in [0.2, 0.25) is 0 Å². The zero-order valence-corrected chi connectivity index (χ0v) is 16.8. The second kappa shape index (κ2) is 13.0. The number of rotatable bonds is 6. The fraction of sp³-hybridized carbons (Fsp3) is 1.00. The third-order valence-corrected chi connectivity index (χ3v) is 9.39. The van der Waals surface area contributed by atoms with E-state index in [-0.39, 0.29) is 6.16 Å². The summed E-state index contributed by atoms with van der Waals surface area (Å²) >= 11 is 0. The lowest BCUT2D eigenvalue weighted by atomic mass is 10.9. The van der Waals surface area contributed by atoms with Crippen molar-refractivity contribution in [2.75, 3.05) is 37.0 Å². The predicted molar refractivity (Wildman–Crippen MR) is 92.7 cm³/mol. The standard InChI is InChI=1S/C6H15OP.C4H11O2P.C2H7O3P/c1-4-8(7,5-2)6-3;1-3-7(5,6)4-2;1-2-6(3,4)5/h4-6H2,1-3H3;3-4H2,1-2H3,(H,5,6);2H2,1H3,(H2,3,4,5). The van der Waals surface area contributed by atoms with Crippen LogP contribution >= 0.6 is 22.1 Å². The fourth-order valence-corrected chi connectivity index (χ4v) is 2.68. The first-order valence-electron chi connectivity index (χ1n) is 7.29. The van der Waals surface area contributed by atoms with Crippen LogP contribution in [0.15, 0.2) is 0 Å². The van der Waals surface area contributed by atoms with Gasteiger partial charge in [0, 0.05) is 18.5 Å². The van der Waals surface area contributed by atoms with Crippen LogP contribution in [0.4, 0.5) is 0 Å². The highest BCUT2D eigenvalue weighted by molar-refractivity contribution is 7.63. The molecular weight excluding hydrogens is 333 g/mol. The lowest BCUT2D eigenvalue weighted by Crippen LogP contribution is -1.90. The summed E-state index contributed by atoms with van der Waals surface area (Å²) in [6.45, 7) is 10.9. The van der Waals surface area contributed by atoms with E-state index in [1.54, 1.807) is 13.8 Å².